The minimum atomic E-state index is -1.22. The third-order valence-corrected chi connectivity index (χ3v) is 9.33. The number of hydrogen-bond acceptors (Lipinski definition) is 8. The zero-order chi connectivity index (χ0) is 33.1. The molecular formula is C36H45N5O4S. The van der Waals surface area contributed by atoms with Crippen LogP contribution in [0.3, 0.4) is 0 Å². The summed E-state index contributed by atoms with van der Waals surface area (Å²) >= 11 is 1.61. The Bertz CT molecular complexity index is 1710. The number of hydrogen-bond donors (Lipinski definition) is 1. The van der Waals surface area contributed by atoms with Gasteiger partial charge >= 0.3 is 5.97 Å². The molecule has 1 unspecified atom stereocenters. The Morgan fingerprint density at radius 2 is 1.89 bits per heavy atom. The molecule has 1 atom stereocenters. The molecule has 0 radical (unpaired) electrons. The number of allylic oxidation sites excluding steroid dienone is 1. The summed E-state index contributed by atoms with van der Waals surface area (Å²) in [4.78, 5) is 25.7. The Morgan fingerprint density at radius 3 is 2.54 bits per heavy atom. The molecule has 4 aromatic rings. The van der Waals surface area contributed by atoms with Crippen LogP contribution < -0.4 is 4.90 Å². The predicted molar refractivity (Wildman–Crippen MR) is 184 cm³/mol. The Hall–Kier alpha value is -3.86. The number of aromatic nitrogens is 4. The van der Waals surface area contributed by atoms with E-state index in [0.29, 0.717) is 48.1 Å². The Balaban J connectivity index is 1.55. The average molecular weight is 644 g/mol. The van der Waals surface area contributed by atoms with Gasteiger partial charge in [0, 0.05) is 42.3 Å². The monoisotopic (exact) mass is 643 g/mol. The van der Waals surface area contributed by atoms with Crippen LogP contribution in [0.5, 0.6) is 0 Å². The van der Waals surface area contributed by atoms with E-state index in [1.54, 1.807) is 21.9 Å². The molecule has 4 heterocycles. The second kappa shape index (κ2) is 13.9. The number of carboxylic acids is 1. The number of anilines is 1. The molecule has 0 saturated carbocycles. The molecule has 0 amide bonds. The maximum atomic E-state index is 12.7. The van der Waals surface area contributed by atoms with Gasteiger partial charge in [-0.1, -0.05) is 36.4 Å². The molecule has 0 aliphatic carbocycles. The van der Waals surface area contributed by atoms with Crippen molar-refractivity contribution in [2.45, 2.75) is 84.0 Å². The lowest BCUT2D eigenvalue weighted by Gasteiger charge is -2.41. The highest BCUT2D eigenvalue weighted by atomic mass is 32.1. The zero-order valence-electron chi connectivity index (χ0n) is 27.6. The second-order valence-electron chi connectivity index (χ2n) is 13.1. The van der Waals surface area contributed by atoms with E-state index in [9.17, 15) is 9.90 Å². The predicted octanol–water partition coefficient (Wildman–Crippen LogP) is 7.37. The van der Waals surface area contributed by atoms with Crippen LogP contribution in [-0.2, 0) is 27.1 Å². The summed E-state index contributed by atoms with van der Waals surface area (Å²) in [5.74, 6) is -0.383. The summed E-state index contributed by atoms with van der Waals surface area (Å²) in [6.45, 7) is 19.0. The summed E-state index contributed by atoms with van der Waals surface area (Å²) in [5.41, 5.74) is 4.05. The van der Waals surface area contributed by atoms with Gasteiger partial charge in [-0.05, 0) is 71.4 Å². The maximum absolute atomic E-state index is 12.7. The lowest BCUT2D eigenvalue weighted by Crippen LogP contribution is -2.45. The van der Waals surface area contributed by atoms with Crippen LogP contribution in [-0.4, -0.2) is 61.6 Å². The smallest absolute Gasteiger partial charge is 0.337 e. The Kier molecular flexibility index (Phi) is 10.1. The number of benzene rings is 1. The molecule has 244 valence electrons. The Morgan fingerprint density at radius 1 is 1.17 bits per heavy atom. The van der Waals surface area contributed by atoms with Gasteiger partial charge in [0.05, 0.1) is 23.4 Å². The summed E-state index contributed by atoms with van der Waals surface area (Å²) in [7, 11) is 0. The van der Waals surface area contributed by atoms with Crippen molar-refractivity contribution in [1.29, 1.82) is 0 Å². The molecule has 10 heteroatoms. The summed E-state index contributed by atoms with van der Waals surface area (Å²) in [6.07, 6.45) is 8.62. The number of nitrogens with zero attached hydrogens (tertiary/aromatic N) is 5. The first-order valence-corrected chi connectivity index (χ1v) is 16.7. The minimum absolute atomic E-state index is 0.295. The van der Waals surface area contributed by atoms with Crippen molar-refractivity contribution in [1.82, 2.24) is 19.6 Å². The topological polar surface area (TPSA) is 102 Å². The van der Waals surface area contributed by atoms with Crippen molar-refractivity contribution < 1.29 is 19.4 Å². The summed E-state index contributed by atoms with van der Waals surface area (Å²) < 4.78 is 14.1. The fraction of sp³-hybridized carbons (Fsp3) is 0.444. The van der Waals surface area contributed by atoms with E-state index in [1.165, 1.54) is 11.1 Å². The van der Waals surface area contributed by atoms with E-state index >= 15 is 0 Å². The van der Waals surface area contributed by atoms with E-state index in [0.717, 1.165) is 42.0 Å². The van der Waals surface area contributed by atoms with Crippen LogP contribution in [0.1, 0.15) is 80.3 Å². The highest BCUT2D eigenvalue weighted by molar-refractivity contribution is 7.15. The summed E-state index contributed by atoms with van der Waals surface area (Å²) in [5, 5.41) is 16.2. The van der Waals surface area contributed by atoms with Crippen molar-refractivity contribution in [3.8, 4) is 10.7 Å². The first-order valence-electron chi connectivity index (χ1n) is 15.8. The quantitative estimate of drug-likeness (QED) is 0.151. The molecular weight excluding hydrogens is 598 g/mol. The highest BCUT2D eigenvalue weighted by Crippen LogP contribution is 2.38. The largest absolute Gasteiger partial charge is 0.479 e. The molecule has 0 spiro atoms. The maximum Gasteiger partial charge on any atom is 0.337 e. The van der Waals surface area contributed by atoms with E-state index in [2.05, 4.69) is 49.2 Å². The van der Waals surface area contributed by atoms with Gasteiger partial charge in [0.2, 0.25) is 0 Å². The van der Waals surface area contributed by atoms with E-state index in [-0.39, 0.29) is 5.60 Å². The van der Waals surface area contributed by atoms with Gasteiger partial charge in [0.15, 0.2) is 11.8 Å². The Labute approximate surface area is 275 Å². The van der Waals surface area contributed by atoms with Crippen LogP contribution in [0.4, 0.5) is 5.82 Å². The second-order valence-corrected chi connectivity index (χ2v) is 14.2. The van der Waals surface area contributed by atoms with Gasteiger partial charge in [0.25, 0.3) is 0 Å². The van der Waals surface area contributed by atoms with Crippen LogP contribution in [0.2, 0.25) is 0 Å². The standard InChI is InChI=1S/C36H45N5O4S/c1-8-10-13-25-14-11-12-15-26(25)21-27-23-37-32(46-27)28-22-29-38-24(3)30(31(34(42)43)45-35(4,5)6)33(41(29)39-28)40-18-16-36(7,17-19-40)44-20-9-2/h8-9,11-12,14-15,22-23,31H,1-2,10,13,16-21H2,3-7H3,(H,42,43). The molecule has 1 fully saturated rings. The molecule has 1 N–H and O–H groups in total. The van der Waals surface area contributed by atoms with Gasteiger partial charge in [-0.3, -0.25) is 0 Å². The van der Waals surface area contributed by atoms with Crippen molar-refractivity contribution in [2.24, 2.45) is 0 Å². The third-order valence-electron chi connectivity index (χ3n) is 8.31. The SMILES string of the molecule is C=CCCc1ccccc1Cc1cnc(-c2cc3nc(C)c(C(OC(C)(C)C)C(=O)O)c(N4CCC(C)(OCC=C)CC4)n3n2)s1. The molecule has 1 aromatic carbocycles. The first kappa shape index (κ1) is 33.5. The van der Waals surface area contributed by atoms with Crippen molar-refractivity contribution in [2.75, 3.05) is 24.6 Å². The number of fused-ring (bicyclic) bond motifs is 1. The number of aryl methyl sites for hydroxylation is 2. The van der Waals surface area contributed by atoms with Crippen LogP contribution >= 0.6 is 11.3 Å². The average Bonchev–Trinajstić information content (AvgIpc) is 3.65. The zero-order valence-corrected chi connectivity index (χ0v) is 28.4. The number of thiazole rings is 1. The number of piperidine rings is 1. The lowest BCUT2D eigenvalue weighted by molar-refractivity contribution is -0.160. The van der Waals surface area contributed by atoms with Gasteiger partial charge < -0.3 is 19.5 Å². The van der Waals surface area contributed by atoms with Gasteiger partial charge in [-0.25, -0.2) is 14.8 Å². The van der Waals surface area contributed by atoms with Crippen molar-refractivity contribution >= 4 is 28.8 Å². The van der Waals surface area contributed by atoms with E-state index in [1.807, 2.05) is 46.0 Å². The van der Waals surface area contributed by atoms with Gasteiger partial charge in [0.1, 0.15) is 16.5 Å². The molecule has 3 aromatic heterocycles. The fourth-order valence-electron chi connectivity index (χ4n) is 5.94. The third kappa shape index (κ3) is 7.57. The number of carbonyl (C=O) groups is 1. The molecule has 5 rings (SSSR count). The fourth-order valence-corrected chi connectivity index (χ4v) is 6.83. The van der Waals surface area contributed by atoms with E-state index < -0.39 is 17.7 Å². The minimum Gasteiger partial charge on any atom is -0.479 e. The normalized spacial score (nSPS) is 15.6. The van der Waals surface area contributed by atoms with E-state index in [4.69, 9.17) is 24.5 Å². The molecule has 0 bridgehead atoms. The highest BCUT2D eigenvalue weighted by Gasteiger charge is 2.37. The molecule has 9 nitrogen and oxygen atoms in total. The summed E-state index contributed by atoms with van der Waals surface area (Å²) in [6, 6.07) is 10.4. The van der Waals surface area contributed by atoms with Crippen molar-refractivity contribution in [3.05, 3.63) is 89.1 Å². The van der Waals surface area contributed by atoms with Gasteiger partial charge in [-0.15, -0.1) is 24.5 Å². The van der Waals surface area contributed by atoms with Gasteiger partial charge in [-0.2, -0.15) is 9.61 Å². The lowest BCUT2D eigenvalue weighted by atomic mass is 9.92. The molecule has 1 aliphatic rings. The molecule has 1 aliphatic heterocycles. The number of rotatable bonds is 13. The van der Waals surface area contributed by atoms with Crippen molar-refractivity contribution in [3.63, 3.8) is 0 Å². The van der Waals surface area contributed by atoms with Crippen LogP contribution in [0, 0.1) is 6.92 Å². The van der Waals surface area contributed by atoms with Crippen LogP contribution in [0.15, 0.2) is 61.8 Å². The molecule has 46 heavy (non-hydrogen) atoms. The number of ether oxygens (including phenoxy) is 2. The number of carboxylic acid groups (broad SMARTS) is 1. The molecule has 1 saturated heterocycles. The van der Waals surface area contributed by atoms with Crippen LogP contribution in [0.25, 0.3) is 16.3 Å². The first-order chi connectivity index (χ1) is 21.9. The number of aliphatic carboxylic acids is 1.